The van der Waals surface area contributed by atoms with Gasteiger partial charge in [0.1, 0.15) is 5.54 Å². The van der Waals surface area contributed by atoms with E-state index in [0.29, 0.717) is 19.5 Å². The molecule has 1 aromatic carbocycles. The van der Waals surface area contributed by atoms with Gasteiger partial charge >= 0.3 is 0 Å². The Labute approximate surface area is 126 Å². The zero-order valence-corrected chi connectivity index (χ0v) is 13.3. The Morgan fingerprint density at radius 3 is 2.57 bits per heavy atom. The van der Waals surface area contributed by atoms with Crippen LogP contribution in [0.15, 0.2) is 30.3 Å². The van der Waals surface area contributed by atoms with Crippen molar-refractivity contribution in [3.63, 3.8) is 0 Å². The van der Waals surface area contributed by atoms with Crippen LogP contribution in [-0.4, -0.2) is 43.0 Å². The second-order valence-corrected chi connectivity index (χ2v) is 7.81. The van der Waals surface area contributed by atoms with Gasteiger partial charge in [-0.3, -0.25) is 4.79 Å². The maximum atomic E-state index is 12.5. The third-order valence-electron chi connectivity index (χ3n) is 3.83. The zero-order valence-electron chi connectivity index (χ0n) is 12.5. The van der Waals surface area contributed by atoms with Crippen LogP contribution in [0.2, 0.25) is 0 Å². The topological polar surface area (TPSA) is 66.5 Å². The van der Waals surface area contributed by atoms with Crippen molar-refractivity contribution in [2.75, 3.05) is 18.8 Å². The number of nitrogens with zero attached hydrogens (tertiary/aromatic N) is 1. The molecule has 6 heteroatoms. The van der Waals surface area contributed by atoms with Crippen LogP contribution in [0, 0.1) is 0 Å². The van der Waals surface area contributed by atoms with Gasteiger partial charge in [0.05, 0.1) is 5.75 Å². The lowest BCUT2D eigenvalue weighted by Gasteiger charge is -2.39. The fourth-order valence-corrected chi connectivity index (χ4v) is 4.46. The molecule has 0 bridgehead atoms. The van der Waals surface area contributed by atoms with Gasteiger partial charge in [-0.25, -0.2) is 8.42 Å². The average molecular weight is 310 g/mol. The van der Waals surface area contributed by atoms with Crippen molar-refractivity contribution in [1.82, 2.24) is 9.62 Å². The molecule has 21 heavy (non-hydrogen) atoms. The number of hydrogen-bond donors (Lipinski definition) is 1. The van der Waals surface area contributed by atoms with Crippen LogP contribution >= 0.6 is 0 Å². The number of sulfonamides is 1. The number of aryl methyl sites for hydroxylation is 1. The second kappa shape index (κ2) is 6.15. The lowest BCUT2D eigenvalue weighted by atomic mass is 10.0. The third kappa shape index (κ3) is 3.63. The number of piperazine rings is 1. The molecule has 1 heterocycles. The summed E-state index contributed by atoms with van der Waals surface area (Å²) in [5.41, 5.74) is 0.118. The van der Waals surface area contributed by atoms with Crippen LogP contribution < -0.4 is 5.32 Å². The van der Waals surface area contributed by atoms with E-state index >= 15 is 0 Å². The molecule has 0 aliphatic carbocycles. The summed E-state index contributed by atoms with van der Waals surface area (Å²) in [6.45, 7) is 4.01. The molecule has 1 saturated heterocycles. The van der Waals surface area contributed by atoms with Crippen molar-refractivity contribution in [1.29, 1.82) is 0 Å². The molecule has 2 rings (SSSR count). The Hall–Kier alpha value is -1.40. The summed E-state index contributed by atoms with van der Waals surface area (Å²) in [5, 5.41) is 2.71. The Morgan fingerprint density at radius 2 is 1.90 bits per heavy atom. The molecule has 0 atom stereocenters. The van der Waals surface area contributed by atoms with Gasteiger partial charge in [0, 0.05) is 13.1 Å². The summed E-state index contributed by atoms with van der Waals surface area (Å²) in [6.07, 6.45) is 1.28. The molecule has 0 spiro atoms. The van der Waals surface area contributed by atoms with Gasteiger partial charge in [-0.2, -0.15) is 4.31 Å². The Kier molecular flexibility index (Phi) is 4.68. The summed E-state index contributed by atoms with van der Waals surface area (Å²) < 4.78 is 26.3. The van der Waals surface area contributed by atoms with Crippen molar-refractivity contribution in [3.05, 3.63) is 35.9 Å². The predicted molar refractivity (Wildman–Crippen MR) is 82.3 cm³/mol. The van der Waals surface area contributed by atoms with Crippen LogP contribution in [0.3, 0.4) is 0 Å². The minimum Gasteiger partial charge on any atom is -0.353 e. The number of nitrogens with one attached hydrogen (secondary N) is 1. The summed E-state index contributed by atoms with van der Waals surface area (Å²) in [6, 6.07) is 9.81. The largest absolute Gasteiger partial charge is 0.353 e. The predicted octanol–water partition coefficient (Wildman–Crippen LogP) is 1.16. The van der Waals surface area contributed by atoms with Gasteiger partial charge in [-0.15, -0.1) is 0 Å². The van der Waals surface area contributed by atoms with E-state index in [2.05, 4.69) is 5.32 Å². The number of amides is 1. The van der Waals surface area contributed by atoms with Crippen molar-refractivity contribution >= 4 is 15.9 Å². The lowest BCUT2D eigenvalue weighted by Crippen LogP contribution is -2.63. The monoisotopic (exact) mass is 310 g/mol. The molecule has 5 nitrogen and oxygen atoms in total. The highest BCUT2D eigenvalue weighted by molar-refractivity contribution is 7.89. The quantitative estimate of drug-likeness (QED) is 0.887. The Morgan fingerprint density at radius 1 is 1.24 bits per heavy atom. The van der Waals surface area contributed by atoms with Crippen LogP contribution in [0.1, 0.15) is 25.8 Å². The van der Waals surface area contributed by atoms with Crippen LogP contribution in [-0.2, 0) is 21.2 Å². The highest BCUT2D eigenvalue weighted by atomic mass is 32.2. The van der Waals surface area contributed by atoms with Crippen LogP contribution in [0.25, 0.3) is 0 Å². The lowest BCUT2D eigenvalue weighted by molar-refractivity contribution is -0.131. The van der Waals surface area contributed by atoms with Gasteiger partial charge < -0.3 is 5.32 Å². The zero-order chi connectivity index (χ0) is 15.5. The van der Waals surface area contributed by atoms with Gasteiger partial charge in [0.2, 0.25) is 15.9 Å². The Bertz CT molecular complexity index is 597. The molecule has 0 radical (unpaired) electrons. The molecule has 0 unspecified atom stereocenters. The maximum absolute atomic E-state index is 12.5. The molecule has 116 valence electrons. The van der Waals surface area contributed by atoms with Gasteiger partial charge in [-0.05, 0) is 32.3 Å². The van der Waals surface area contributed by atoms with E-state index in [4.69, 9.17) is 0 Å². The normalized spacial score (nSPS) is 19.2. The number of carbonyl (C=O) groups is 1. The fraction of sp³-hybridized carbons (Fsp3) is 0.533. The molecule has 1 aliphatic rings. The molecule has 1 aromatic rings. The van der Waals surface area contributed by atoms with Gasteiger partial charge in [0.15, 0.2) is 0 Å². The first-order valence-corrected chi connectivity index (χ1v) is 8.78. The third-order valence-corrected chi connectivity index (χ3v) is 5.94. The van der Waals surface area contributed by atoms with E-state index in [1.165, 1.54) is 4.31 Å². The number of benzene rings is 1. The van der Waals surface area contributed by atoms with Crippen molar-refractivity contribution < 1.29 is 13.2 Å². The molecule has 0 saturated carbocycles. The van der Waals surface area contributed by atoms with Crippen LogP contribution in [0.5, 0.6) is 0 Å². The van der Waals surface area contributed by atoms with Crippen molar-refractivity contribution in [3.8, 4) is 0 Å². The molecule has 1 aliphatic heterocycles. The molecular formula is C15H22N2O3S. The summed E-state index contributed by atoms with van der Waals surface area (Å²) >= 11 is 0. The fourth-order valence-electron chi connectivity index (χ4n) is 2.58. The molecule has 1 fully saturated rings. The standard InChI is InChI=1S/C15H22N2O3S/c1-15(2)14(18)16-10-11-17(15)21(19,20)12-6-9-13-7-4-3-5-8-13/h3-5,7-8H,6,9-12H2,1-2H3,(H,16,18). The SMILES string of the molecule is CC1(C)C(=O)NCCN1S(=O)(=O)CCCc1ccccc1. The first-order chi connectivity index (χ1) is 9.84. The maximum Gasteiger partial charge on any atom is 0.241 e. The molecule has 0 aromatic heterocycles. The van der Waals surface area contributed by atoms with E-state index in [1.807, 2.05) is 30.3 Å². The van der Waals surface area contributed by atoms with E-state index in [1.54, 1.807) is 13.8 Å². The molecular weight excluding hydrogens is 288 g/mol. The van der Waals surface area contributed by atoms with Gasteiger partial charge in [0.25, 0.3) is 0 Å². The summed E-state index contributed by atoms with van der Waals surface area (Å²) in [4.78, 5) is 11.9. The van der Waals surface area contributed by atoms with E-state index in [-0.39, 0.29) is 11.7 Å². The van der Waals surface area contributed by atoms with E-state index in [9.17, 15) is 13.2 Å². The molecule has 1 amide bonds. The van der Waals surface area contributed by atoms with Crippen molar-refractivity contribution in [2.24, 2.45) is 0 Å². The summed E-state index contributed by atoms with van der Waals surface area (Å²) in [5.74, 6) is -0.168. The highest BCUT2D eigenvalue weighted by Crippen LogP contribution is 2.22. The van der Waals surface area contributed by atoms with E-state index < -0.39 is 15.6 Å². The van der Waals surface area contributed by atoms with Crippen molar-refractivity contribution in [2.45, 2.75) is 32.2 Å². The minimum atomic E-state index is -3.42. The summed E-state index contributed by atoms with van der Waals surface area (Å²) in [7, 11) is -3.42. The second-order valence-electron chi connectivity index (χ2n) is 5.79. The first kappa shape index (κ1) is 16.0. The average Bonchev–Trinajstić information content (AvgIpc) is 2.42. The highest BCUT2D eigenvalue weighted by Gasteiger charge is 2.43. The Balaban J connectivity index is 2.00. The minimum absolute atomic E-state index is 0.0681. The molecule has 1 N–H and O–H groups in total. The smallest absolute Gasteiger partial charge is 0.241 e. The van der Waals surface area contributed by atoms with Gasteiger partial charge in [-0.1, -0.05) is 30.3 Å². The number of rotatable bonds is 5. The van der Waals surface area contributed by atoms with E-state index in [0.717, 1.165) is 12.0 Å². The first-order valence-electron chi connectivity index (χ1n) is 7.17. The number of carbonyl (C=O) groups excluding carboxylic acids is 1. The van der Waals surface area contributed by atoms with Crippen LogP contribution in [0.4, 0.5) is 0 Å². The number of hydrogen-bond acceptors (Lipinski definition) is 3.